The molecule has 2 aromatic rings. The average molecular weight is 316 g/mol. The number of nitrogens with zero attached hydrogens (tertiary/aromatic N) is 2. The number of hydrogen-bond donors (Lipinski definition) is 2. The van der Waals surface area contributed by atoms with E-state index in [4.69, 9.17) is 0 Å². The van der Waals surface area contributed by atoms with E-state index in [0.717, 1.165) is 30.5 Å². The summed E-state index contributed by atoms with van der Waals surface area (Å²) in [6, 6.07) is 6.68. The van der Waals surface area contributed by atoms with E-state index >= 15 is 0 Å². The van der Waals surface area contributed by atoms with E-state index in [1.54, 1.807) is 18.4 Å². The lowest BCUT2D eigenvalue weighted by molar-refractivity contribution is 0.798. The lowest BCUT2D eigenvalue weighted by Crippen LogP contribution is -2.37. The highest BCUT2D eigenvalue weighted by Gasteiger charge is 2.02. The molecule has 5 heteroatoms. The fourth-order valence-electron chi connectivity index (χ4n) is 2.42. The normalized spacial score (nSPS) is 11.5. The van der Waals surface area contributed by atoms with Crippen molar-refractivity contribution in [2.75, 3.05) is 13.6 Å². The maximum Gasteiger partial charge on any atom is 0.191 e. The van der Waals surface area contributed by atoms with Crippen molar-refractivity contribution in [1.82, 2.24) is 15.6 Å². The molecule has 0 spiro atoms. The van der Waals surface area contributed by atoms with Gasteiger partial charge in [-0.25, -0.2) is 4.98 Å². The smallest absolute Gasteiger partial charge is 0.191 e. The average Bonchev–Trinajstić information content (AvgIpc) is 2.87. The van der Waals surface area contributed by atoms with Crippen LogP contribution in [0.25, 0.3) is 0 Å². The summed E-state index contributed by atoms with van der Waals surface area (Å²) in [5.74, 6) is 0.829. The fraction of sp³-hybridized carbons (Fsp3) is 0.412. The molecule has 0 aliphatic rings. The first-order valence-corrected chi connectivity index (χ1v) is 8.31. The van der Waals surface area contributed by atoms with Crippen molar-refractivity contribution in [1.29, 1.82) is 0 Å². The van der Waals surface area contributed by atoms with Crippen molar-refractivity contribution in [3.63, 3.8) is 0 Å². The van der Waals surface area contributed by atoms with Crippen molar-refractivity contribution in [3.8, 4) is 0 Å². The summed E-state index contributed by atoms with van der Waals surface area (Å²) in [6.45, 7) is 7.92. The van der Waals surface area contributed by atoms with E-state index in [1.807, 2.05) is 13.1 Å². The van der Waals surface area contributed by atoms with Crippen molar-refractivity contribution < 1.29 is 0 Å². The molecule has 1 aromatic heterocycles. The number of hydrogen-bond acceptors (Lipinski definition) is 3. The molecule has 4 nitrogen and oxygen atoms in total. The third-order valence-corrected chi connectivity index (χ3v) is 4.22. The summed E-state index contributed by atoms with van der Waals surface area (Å²) >= 11 is 1.71. The predicted molar refractivity (Wildman–Crippen MR) is 94.7 cm³/mol. The van der Waals surface area contributed by atoms with Crippen LogP contribution in [0.5, 0.6) is 0 Å². The van der Waals surface area contributed by atoms with Crippen molar-refractivity contribution in [3.05, 3.63) is 51.0 Å². The third kappa shape index (κ3) is 5.15. The Morgan fingerprint density at radius 1 is 1.14 bits per heavy atom. The maximum atomic E-state index is 4.26. The molecule has 2 N–H and O–H groups in total. The molecule has 0 saturated heterocycles. The van der Waals surface area contributed by atoms with Crippen LogP contribution in [-0.4, -0.2) is 24.5 Å². The molecule has 0 amide bonds. The monoisotopic (exact) mass is 316 g/mol. The number of guanidine groups is 1. The second-order valence-electron chi connectivity index (χ2n) is 5.44. The van der Waals surface area contributed by atoms with Crippen molar-refractivity contribution in [2.45, 2.75) is 33.7 Å². The topological polar surface area (TPSA) is 49.3 Å². The molecule has 1 heterocycles. The van der Waals surface area contributed by atoms with Gasteiger partial charge in [0, 0.05) is 24.7 Å². The van der Waals surface area contributed by atoms with E-state index in [9.17, 15) is 0 Å². The molecule has 22 heavy (non-hydrogen) atoms. The van der Waals surface area contributed by atoms with Crippen LogP contribution in [0.3, 0.4) is 0 Å². The van der Waals surface area contributed by atoms with E-state index in [-0.39, 0.29) is 0 Å². The van der Waals surface area contributed by atoms with E-state index in [2.05, 4.69) is 52.7 Å². The molecule has 118 valence electrons. The Morgan fingerprint density at radius 2 is 1.86 bits per heavy atom. The zero-order valence-electron chi connectivity index (χ0n) is 13.7. The number of rotatable bonds is 5. The molecule has 0 radical (unpaired) electrons. The quantitative estimate of drug-likeness (QED) is 0.658. The first-order chi connectivity index (χ1) is 10.6. The second-order valence-corrected chi connectivity index (χ2v) is 6.76. The predicted octanol–water partition coefficient (Wildman–Crippen LogP) is 2.98. The molecular formula is C17H24N4S. The fourth-order valence-corrected chi connectivity index (χ4v) is 3.15. The van der Waals surface area contributed by atoms with Gasteiger partial charge in [-0.2, -0.15) is 0 Å². The number of aromatic nitrogens is 1. The first-order valence-electron chi connectivity index (χ1n) is 7.50. The Balaban J connectivity index is 1.78. The summed E-state index contributed by atoms with van der Waals surface area (Å²) in [6.07, 6.45) is 2.90. The van der Waals surface area contributed by atoms with Crippen LogP contribution in [0.4, 0.5) is 0 Å². The number of thiazole rings is 1. The van der Waals surface area contributed by atoms with Gasteiger partial charge in [0.1, 0.15) is 0 Å². The lowest BCUT2D eigenvalue weighted by atomic mass is 10.1. The minimum Gasteiger partial charge on any atom is -0.356 e. The van der Waals surface area contributed by atoms with Crippen molar-refractivity contribution >= 4 is 17.3 Å². The number of nitrogens with one attached hydrogen (secondary N) is 2. The van der Waals surface area contributed by atoms with Gasteiger partial charge in [-0.1, -0.05) is 29.3 Å². The van der Waals surface area contributed by atoms with Crippen LogP contribution < -0.4 is 10.6 Å². The third-order valence-electron chi connectivity index (χ3n) is 3.31. The Labute approximate surface area is 136 Å². The van der Waals surface area contributed by atoms with Crippen LogP contribution in [0.15, 0.2) is 29.4 Å². The van der Waals surface area contributed by atoms with Gasteiger partial charge in [-0.3, -0.25) is 4.99 Å². The van der Waals surface area contributed by atoms with Gasteiger partial charge in [0.05, 0.1) is 11.6 Å². The van der Waals surface area contributed by atoms with Crippen molar-refractivity contribution in [2.24, 2.45) is 4.99 Å². The SMILES string of the molecule is CN=C(NCCc1cc(C)cc(C)c1)NCc1cnc(C)s1. The zero-order chi connectivity index (χ0) is 15.9. The molecule has 0 fully saturated rings. The second kappa shape index (κ2) is 7.94. The molecule has 0 aliphatic heterocycles. The molecule has 0 aliphatic carbocycles. The zero-order valence-corrected chi connectivity index (χ0v) is 14.5. The minimum absolute atomic E-state index is 0.759. The van der Waals surface area contributed by atoms with Gasteiger partial charge >= 0.3 is 0 Å². The molecule has 0 bridgehead atoms. The highest BCUT2D eigenvalue weighted by Crippen LogP contribution is 2.11. The first kappa shape index (κ1) is 16.5. The highest BCUT2D eigenvalue weighted by molar-refractivity contribution is 7.11. The molecular weight excluding hydrogens is 292 g/mol. The Bertz CT molecular complexity index is 626. The summed E-state index contributed by atoms with van der Waals surface area (Å²) in [5.41, 5.74) is 4.00. The number of aryl methyl sites for hydroxylation is 3. The van der Waals surface area contributed by atoms with Crippen LogP contribution in [0.1, 0.15) is 26.6 Å². The molecule has 1 aromatic carbocycles. The maximum absolute atomic E-state index is 4.26. The minimum atomic E-state index is 0.759. The van der Waals surface area contributed by atoms with Crippen LogP contribution >= 0.6 is 11.3 Å². The summed E-state index contributed by atoms with van der Waals surface area (Å²) in [4.78, 5) is 9.73. The Hall–Kier alpha value is -1.88. The Kier molecular flexibility index (Phi) is 5.95. The van der Waals surface area contributed by atoms with Gasteiger partial charge < -0.3 is 10.6 Å². The van der Waals surface area contributed by atoms with E-state index < -0.39 is 0 Å². The van der Waals surface area contributed by atoms with E-state index in [1.165, 1.54) is 21.6 Å². The summed E-state index contributed by atoms with van der Waals surface area (Å²) in [7, 11) is 1.80. The van der Waals surface area contributed by atoms with Crippen LogP contribution in [-0.2, 0) is 13.0 Å². The van der Waals surface area contributed by atoms with Crippen LogP contribution in [0, 0.1) is 20.8 Å². The molecule has 2 rings (SSSR count). The highest BCUT2D eigenvalue weighted by atomic mass is 32.1. The number of benzene rings is 1. The van der Waals surface area contributed by atoms with E-state index in [0.29, 0.717) is 0 Å². The number of aliphatic imine (C=N–C) groups is 1. The molecule has 0 unspecified atom stereocenters. The largest absolute Gasteiger partial charge is 0.356 e. The van der Waals surface area contributed by atoms with Gasteiger partial charge in [-0.05, 0) is 32.8 Å². The lowest BCUT2D eigenvalue weighted by Gasteiger charge is -2.11. The standard InChI is InChI=1S/C17H24N4S/c1-12-7-13(2)9-15(8-12)5-6-19-17(18-4)21-11-16-10-20-14(3)22-16/h7-10H,5-6,11H2,1-4H3,(H2,18,19,21). The van der Waals surface area contributed by atoms with Gasteiger partial charge in [0.2, 0.25) is 0 Å². The molecule has 0 saturated carbocycles. The van der Waals surface area contributed by atoms with Gasteiger partial charge in [0.15, 0.2) is 5.96 Å². The van der Waals surface area contributed by atoms with Gasteiger partial charge in [0.25, 0.3) is 0 Å². The van der Waals surface area contributed by atoms with Gasteiger partial charge in [-0.15, -0.1) is 11.3 Å². The summed E-state index contributed by atoms with van der Waals surface area (Å²) < 4.78 is 0. The molecule has 0 atom stereocenters. The van der Waals surface area contributed by atoms with Crippen LogP contribution in [0.2, 0.25) is 0 Å². The summed E-state index contributed by atoms with van der Waals surface area (Å²) in [5, 5.41) is 7.77. The Morgan fingerprint density at radius 3 is 2.45 bits per heavy atom.